The first-order valence-electron chi connectivity index (χ1n) is 5.43. The molecule has 2 aromatic rings. The van der Waals surface area contributed by atoms with Crippen molar-refractivity contribution in [2.24, 2.45) is 0 Å². The normalized spacial score (nSPS) is 17.7. The molecular weight excluding hydrogens is 200 g/mol. The Labute approximate surface area is 93.8 Å². The molecule has 2 aromatic carbocycles. The molecule has 1 aliphatic rings. The molecule has 0 radical (unpaired) electrons. The van der Waals surface area contributed by atoms with Crippen LogP contribution < -0.4 is 0 Å². The van der Waals surface area contributed by atoms with E-state index in [1.165, 1.54) is 23.3 Å². The second-order valence-corrected chi connectivity index (χ2v) is 4.16. The molecule has 1 aliphatic carbocycles. The number of hydrogen-bond acceptors (Lipinski definition) is 2. The molecule has 16 heavy (non-hydrogen) atoms. The molecule has 0 saturated carbocycles. The lowest BCUT2D eigenvalue weighted by molar-refractivity contribution is -0.146. The molecule has 3 rings (SSSR count). The van der Waals surface area contributed by atoms with Gasteiger partial charge < -0.3 is 4.74 Å². The third kappa shape index (κ3) is 1.30. The summed E-state index contributed by atoms with van der Waals surface area (Å²) >= 11 is 0. The number of rotatable bonds is 1. The van der Waals surface area contributed by atoms with Crippen LogP contribution in [0.1, 0.15) is 24.2 Å². The van der Waals surface area contributed by atoms with Gasteiger partial charge in [-0.2, -0.15) is 0 Å². The molecule has 0 unspecified atom stereocenters. The SMILES string of the molecule is CC(=O)O[C@@H]1Cc2cccc3cccc1c23. The first kappa shape index (κ1) is 9.40. The van der Waals surface area contributed by atoms with Crippen molar-refractivity contribution in [3.8, 4) is 0 Å². The van der Waals surface area contributed by atoms with Crippen molar-refractivity contribution in [2.75, 3.05) is 0 Å². The van der Waals surface area contributed by atoms with Crippen LogP contribution in [0.2, 0.25) is 0 Å². The number of esters is 1. The Morgan fingerprint density at radius 2 is 2.00 bits per heavy atom. The van der Waals surface area contributed by atoms with Crippen LogP contribution in [-0.4, -0.2) is 5.97 Å². The maximum atomic E-state index is 11.0. The van der Waals surface area contributed by atoms with Crippen molar-refractivity contribution in [1.29, 1.82) is 0 Å². The van der Waals surface area contributed by atoms with Crippen LogP contribution in [0.3, 0.4) is 0 Å². The Morgan fingerprint density at radius 1 is 1.25 bits per heavy atom. The van der Waals surface area contributed by atoms with Crippen LogP contribution in [0.4, 0.5) is 0 Å². The Balaban J connectivity index is 2.17. The predicted octanol–water partition coefficient (Wildman–Crippen LogP) is 3.00. The molecule has 80 valence electrons. The molecular formula is C14H12O2. The Bertz CT molecular complexity index is 567. The van der Waals surface area contributed by atoms with E-state index >= 15 is 0 Å². The number of benzene rings is 2. The molecule has 0 heterocycles. The fourth-order valence-electron chi connectivity index (χ4n) is 2.50. The maximum Gasteiger partial charge on any atom is 0.303 e. The Kier molecular flexibility index (Phi) is 1.96. The summed E-state index contributed by atoms with van der Waals surface area (Å²) in [4.78, 5) is 11.0. The highest BCUT2D eigenvalue weighted by molar-refractivity contribution is 5.91. The molecule has 2 heteroatoms. The lowest BCUT2D eigenvalue weighted by Gasteiger charge is -2.11. The summed E-state index contributed by atoms with van der Waals surface area (Å²) < 4.78 is 5.34. The quantitative estimate of drug-likeness (QED) is 0.679. The molecule has 1 atom stereocenters. The number of carbonyl (C=O) groups is 1. The molecule has 0 N–H and O–H groups in total. The molecule has 0 saturated heterocycles. The van der Waals surface area contributed by atoms with Gasteiger partial charge in [-0.3, -0.25) is 4.79 Å². The van der Waals surface area contributed by atoms with Crippen LogP contribution >= 0.6 is 0 Å². The first-order chi connectivity index (χ1) is 7.75. The van der Waals surface area contributed by atoms with E-state index in [9.17, 15) is 4.79 Å². The van der Waals surface area contributed by atoms with E-state index in [-0.39, 0.29) is 12.1 Å². The molecule has 0 fully saturated rings. The molecule has 2 nitrogen and oxygen atoms in total. The van der Waals surface area contributed by atoms with Crippen LogP contribution in [-0.2, 0) is 16.0 Å². The van der Waals surface area contributed by atoms with Gasteiger partial charge in [0, 0.05) is 18.9 Å². The fourth-order valence-corrected chi connectivity index (χ4v) is 2.50. The number of carbonyl (C=O) groups excluding carboxylic acids is 1. The van der Waals surface area contributed by atoms with Gasteiger partial charge in [0.05, 0.1) is 0 Å². The highest BCUT2D eigenvalue weighted by atomic mass is 16.5. The molecule has 0 bridgehead atoms. The van der Waals surface area contributed by atoms with Crippen LogP contribution in [0.25, 0.3) is 10.8 Å². The van der Waals surface area contributed by atoms with Crippen LogP contribution in [0.15, 0.2) is 36.4 Å². The summed E-state index contributed by atoms with van der Waals surface area (Å²) in [6.07, 6.45) is 0.703. The highest BCUT2D eigenvalue weighted by Crippen LogP contribution is 2.38. The minimum atomic E-state index is -0.213. The van der Waals surface area contributed by atoms with Gasteiger partial charge >= 0.3 is 5.97 Å². The maximum absolute atomic E-state index is 11.0. The van der Waals surface area contributed by atoms with Gasteiger partial charge in [0.25, 0.3) is 0 Å². The van der Waals surface area contributed by atoms with E-state index in [1.54, 1.807) is 0 Å². The van der Waals surface area contributed by atoms with Crippen molar-refractivity contribution in [2.45, 2.75) is 19.4 Å². The summed E-state index contributed by atoms with van der Waals surface area (Å²) in [7, 11) is 0. The lowest BCUT2D eigenvalue weighted by Crippen LogP contribution is -2.06. The number of hydrogen-bond donors (Lipinski definition) is 0. The molecule has 0 amide bonds. The minimum absolute atomic E-state index is 0.0985. The zero-order chi connectivity index (χ0) is 11.1. The Hall–Kier alpha value is -1.83. The van der Waals surface area contributed by atoms with Crippen molar-refractivity contribution in [3.63, 3.8) is 0 Å². The largest absolute Gasteiger partial charge is 0.457 e. The monoisotopic (exact) mass is 212 g/mol. The smallest absolute Gasteiger partial charge is 0.303 e. The molecule has 0 aliphatic heterocycles. The zero-order valence-electron chi connectivity index (χ0n) is 9.07. The summed E-state index contributed by atoms with van der Waals surface area (Å²) in [5.41, 5.74) is 2.42. The topological polar surface area (TPSA) is 26.3 Å². The summed E-state index contributed by atoms with van der Waals surface area (Å²) in [5, 5.41) is 2.49. The van der Waals surface area contributed by atoms with Gasteiger partial charge in [-0.1, -0.05) is 36.4 Å². The van der Waals surface area contributed by atoms with Crippen molar-refractivity contribution in [1.82, 2.24) is 0 Å². The van der Waals surface area contributed by atoms with Crippen molar-refractivity contribution < 1.29 is 9.53 Å². The third-order valence-corrected chi connectivity index (χ3v) is 3.08. The van der Waals surface area contributed by atoms with E-state index in [4.69, 9.17) is 4.74 Å². The van der Waals surface area contributed by atoms with Gasteiger partial charge in [0.15, 0.2) is 0 Å². The Morgan fingerprint density at radius 3 is 2.75 bits per heavy atom. The van der Waals surface area contributed by atoms with Gasteiger partial charge in [0.1, 0.15) is 6.10 Å². The lowest BCUT2D eigenvalue weighted by atomic mass is 10.1. The molecule has 0 aromatic heterocycles. The van der Waals surface area contributed by atoms with E-state index in [2.05, 4.69) is 24.3 Å². The second-order valence-electron chi connectivity index (χ2n) is 4.16. The highest BCUT2D eigenvalue weighted by Gasteiger charge is 2.25. The first-order valence-corrected chi connectivity index (χ1v) is 5.43. The summed E-state index contributed by atoms with van der Waals surface area (Å²) in [6.45, 7) is 1.46. The standard InChI is InChI=1S/C14H12O2/c1-9(15)16-13-8-11-6-2-4-10-5-3-7-12(13)14(10)11/h2-7,13H,8H2,1H3/t13-/m1/s1. The summed E-state index contributed by atoms with van der Waals surface area (Å²) in [5.74, 6) is -0.213. The van der Waals surface area contributed by atoms with Gasteiger partial charge in [-0.25, -0.2) is 0 Å². The van der Waals surface area contributed by atoms with Crippen molar-refractivity contribution in [3.05, 3.63) is 47.5 Å². The van der Waals surface area contributed by atoms with Gasteiger partial charge in [0.2, 0.25) is 0 Å². The predicted molar refractivity (Wildman–Crippen MR) is 62.2 cm³/mol. The average molecular weight is 212 g/mol. The minimum Gasteiger partial charge on any atom is -0.457 e. The fraction of sp³-hybridized carbons (Fsp3) is 0.214. The van der Waals surface area contributed by atoms with E-state index < -0.39 is 0 Å². The van der Waals surface area contributed by atoms with Gasteiger partial charge in [-0.05, 0) is 16.3 Å². The van der Waals surface area contributed by atoms with E-state index in [1.807, 2.05) is 12.1 Å². The van der Waals surface area contributed by atoms with E-state index in [0.29, 0.717) is 0 Å². The number of ether oxygens (including phenoxy) is 1. The second kappa shape index (κ2) is 3.34. The average Bonchev–Trinajstić information content (AvgIpc) is 2.59. The third-order valence-electron chi connectivity index (χ3n) is 3.08. The zero-order valence-corrected chi connectivity index (χ0v) is 9.07. The van der Waals surface area contributed by atoms with Crippen LogP contribution in [0.5, 0.6) is 0 Å². The van der Waals surface area contributed by atoms with Gasteiger partial charge in [-0.15, -0.1) is 0 Å². The van der Waals surface area contributed by atoms with Crippen LogP contribution in [0, 0.1) is 0 Å². The van der Waals surface area contributed by atoms with Crippen molar-refractivity contribution >= 4 is 16.7 Å². The van der Waals surface area contributed by atoms with E-state index in [0.717, 1.165) is 12.0 Å². The summed E-state index contributed by atoms with van der Waals surface area (Å²) in [6, 6.07) is 12.4. The molecule has 0 spiro atoms.